The maximum Gasteiger partial charge on any atom is 0.328 e. The van der Waals surface area contributed by atoms with Gasteiger partial charge in [-0.05, 0) is 12.1 Å². The van der Waals surface area contributed by atoms with E-state index in [1.807, 2.05) is 0 Å². The first-order valence-corrected chi connectivity index (χ1v) is 5.43. The molecule has 6 heteroatoms. The van der Waals surface area contributed by atoms with Crippen molar-refractivity contribution in [2.75, 3.05) is 13.7 Å². The zero-order chi connectivity index (χ0) is 14.3. The van der Waals surface area contributed by atoms with Crippen LogP contribution in [0.5, 0.6) is 5.75 Å². The fourth-order valence-corrected chi connectivity index (χ4v) is 1.31. The van der Waals surface area contributed by atoms with Gasteiger partial charge >= 0.3 is 11.9 Å². The summed E-state index contributed by atoms with van der Waals surface area (Å²) in [7, 11) is 1.24. The van der Waals surface area contributed by atoms with Crippen molar-refractivity contribution in [1.82, 2.24) is 0 Å². The minimum Gasteiger partial charge on any atom is -0.489 e. The Hall–Kier alpha value is -2.37. The minimum absolute atomic E-state index is 0.0209. The average molecular weight is 268 g/mol. The smallest absolute Gasteiger partial charge is 0.328 e. The van der Waals surface area contributed by atoms with Crippen molar-refractivity contribution >= 4 is 18.0 Å². The zero-order valence-electron chi connectivity index (χ0n) is 10.3. The first-order chi connectivity index (χ1) is 9.04. The van der Waals surface area contributed by atoms with Gasteiger partial charge in [-0.15, -0.1) is 0 Å². The van der Waals surface area contributed by atoms with Crippen LogP contribution in [0.25, 0.3) is 6.08 Å². The molecule has 0 radical (unpaired) electrons. The fraction of sp³-hybridized carbons (Fsp3) is 0.231. The number of carboxylic acids is 1. The molecule has 0 amide bonds. The van der Waals surface area contributed by atoms with E-state index in [1.165, 1.54) is 31.4 Å². The first-order valence-electron chi connectivity index (χ1n) is 5.43. The van der Waals surface area contributed by atoms with E-state index in [2.05, 4.69) is 4.74 Å². The second-order valence-corrected chi connectivity index (χ2v) is 3.50. The van der Waals surface area contributed by atoms with Gasteiger partial charge in [0.2, 0.25) is 0 Å². The van der Waals surface area contributed by atoms with Gasteiger partial charge in [-0.2, -0.15) is 0 Å². The van der Waals surface area contributed by atoms with Gasteiger partial charge in [0.05, 0.1) is 20.1 Å². The number of halogens is 1. The Bertz CT molecular complexity index is 496. The van der Waals surface area contributed by atoms with Crippen molar-refractivity contribution in [1.29, 1.82) is 0 Å². The number of methoxy groups -OCH3 is 1. The molecule has 0 aromatic heterocycles. The third-order valence-corrected chi connectivity index (χ3v) is 2.18. The molecule has 1 rings (SSSR count). The first kappa shape index (κ1) is 14.7. The molecule has 102 valence electrons. The van der Waals surface area contributed by atoms with Gasteiger partial charge in [0, 0.05) is 11.6 Å². The second kappa shape index (κ2) is 7.15. The van der Waals surface area contributed by atoms with E-state index < -0.39 is 17.8 Å². The molecule has 0 heterocycles. The summed E-state index contributed by atoms with van der Waals surface area (Å²) in [6, 6.07) is 4.13. The highest BCUT2D eigenvalue weighted by Crippen LogP contribution is 2.24. The molecule has 0 saturated carbocycles. The van der Waals surface area contributed by atoms with Crippen LogP contribution >= 0.6 is 0 Å². The fourth-order valence-electron chi connectivity index (χ4n) is 1.31. The summed E-state index contributed by atoms with van der Waals surface area (Å²) in [5, 5.41) is 8.53. The van der Waals surface area contributed by atoms with Crippen LogP contribution in [0, 0.1) is 5.82 Å². The molecule has 5 nitrogen and oxygen atoms in total. The highest BCUT2D eigenvalue weighted by atomic mass is 19.1. The molecular formula is C13H13FO5. The zero-order valence-corrected chi connectivity index (χ0v) is 10.3. The lowest BCUT2D eigenvalue weighted by atomic mass is 10.2. The third-order valence-electron chi connectivity index (χ3n) is 2.18. The van der Waals surface area contributed by atoms with E-state index in [9.17, 15) is 14.0 Å². The summed E-state index contributed by atoms with van der Waals surface area (Å²) >= 11 is 0. The van der Waals surface area contributed by atoms with Gasteiger partial charge in [-0.3, -0.25) is 4.79 Å². The van der Waals surface area contributed by atoms with Crippen LogP contribution in [0.15, 0.2) is 24.3 Å². The number of ether oxygens (including phenoxy) is 2. The van der Waals surface area contributed by atoms with E-state index in [-0.39, 0.29) is 24.3 Å². The topological polar surface area (TPSA) is 72.8 Å². The summed E-state index contributed by atoms with van der Waals surface area (Å²) in [6.45, 7) is -0.0540. The Morgan fingerprint density at radius 1 is 1.42 bits per heavy atom. The van der Waals surface area contributed by atoms with Crippen molar-refractivity contribution < 1.29 is 28.6 Å². The number of hydrogen-bond acceptors (Lipinski definition) is 4. The number of aliphatic carboxylic acids is 1. The standard InChI is InChI=1S/C13H13FO5/c1-18-12(17)7-8-19-13-9(5-6-11(15)16)3-2-4-10(13)14/h2-6H,7-8H2,1H3,(H,15,16)/b6-5+. The molecule has 1 N–H and O–H groups in total. The number of hydrogen-bond donors (Lipinski definition) is 1. The highest BCUT2D eigenvalue weighted by molar-refractivity contribution is 5.85. The monoisotopic (exact) mass is 268 g/mol. The van der Waals surface area contributed by atoms with Crippen LogP contribution in [-0.2, 0) is 14.3 Å². The molecule has 1 aromatic rings. The molecule has 0 fully saturated rings. The predicted octanol–water partition coefficient (Wildman–Crippen LogP) is 1.87. The summed E-state index contributed by atoms with van der Waals surface area (Å²) in [5.41, 5.74) is 0.285. The quantitative estimate of drug-likeness (QED) is 0.629. The van der Waals surface area contributed by atoms with Crippen LogP contribution in [0.3, 0.4) is 0 Å². The number of benzene rings is 1. The van der Waals surface area contributed by atoms with Gasteiger partial charge < -0.3 is 14.6 Å². The molecular weight excluding hydrogens is 255 g/mol. The molecule has 19 heavy (non-hydrogen) atoms. The molecule has 1 aromatic carbocycles. The summed E-state index contributed by atoms with van der Waals surface area (Å²) < 4.78 is 23.1. The van der Waals surface area contributed by atoms with E-state index >= 15 is 0 Å². The second-order valence-electron chi connectivity index (χ2n) is 3.50. The number of carbonyl (C=O) groups is 2. The van der Waals surface area contributed by atoms with Gasteiger partial charge in [0.1, 0.15) is 0 Å². The van der Waals surface area contributed by atoms with Crippen molar-refractivity contribution in [2.24, 2.45) is 0 Å². The Labute approximate surface area is 109 Å². The van der Waals surface area contributed by atoms with Gasteiger partial charge in [-0.1, -0.05) is 12.1 Å². The SMILES string of the molecule is COC(=O)CCOc1c(F)cccc1/C=C/C(=O)O. The van der Waals surface area contributed by atoms with Gasteiger partial charge in [0.25, 0.3) is 0 Å². The van der Waals surface area contributed by atoms with Crippen LogP contribution in [0.4, 0.5) is 4.39 Å². The maximum absolute atomic E-state index is 13.6. The average Bonchev–Trinajstić information content (AvgIpc) is 2.38. The van der Waals surface area contributed by atoms with Gasteiger partial charge in [0.15, 0.2) is 11.6 Å². The maximum atomic E-state index is 13.6. The molecule has 0 aliphatic rings. The Balaban J connectivity index is 2.80. The number of rotatable bonds is 6. The number of carboxylic acid groups (broad SMARTS) is 1. The summed E-state index contributed by atoms with van der Waals surface area (Å²) in [6.07, 6.45) is 2.08. The lowest BCUT2D eigenvalue weighted by molar-refractivity contribution is -0.141. The predicted molar refractivity (Wildman–Crippen MR) is 65.2 cm³/mol. The summed E-state index contributed by atoms with van der Waals surface area (Å²) in [4.78, 5) is 21.3. The largest absolute Gasteiger partial charge is 0.489 e. The van der Waals surface area contributed by atoms with Crippen LogP contribution in [-0.4, -0.2) is 30.8 Å². The number of carbonyl (C=O) groups excluding carboxylic acids is 1. The lowest BCUT2D eigenvalue weighted by Gasteiger charge is -2.09. The van der Waals surface area contributed by atoms with Crippen molar-refractivity contribution in [3.63, 3.8) is 0 Å². The lowest BCUT2D eigenvalue weighted by Crippen LogP contribution is -2.08. The highest BCUT2D eigenvalue weighted by Gasteiger charge is 2.09. The molecule has 0 aliphatic heterocycles. The van der Waals surface area contributed by atoms with Gasteiger partial charge in [-0.25, -0.2) is 9.18 Å². The van der Waals surface area contributed by atoms with E-state index in [0.29, 0.717) is 0 Å². The van der Waals surface area contributed by atoms with E-state index in [0.717, 1.165) is 6.08 Å². The molecule has 0 aliphatic carbocycles. The molecule has 0 spiro atoms. The Kier molecular flexibility index (Phi) is 5.53. The molecule has 0 saturated heterocycles. The number of esters is 1. The van der Waals surface area contributed by atoms with Crippen molar-refractivity contribution in [3.05, 3.63) is 35.7 Å². The minimum atomic E-state index is -1.15. The molecule has 0 atom stereocenters. The molecule has 0 bridgehead atoms. The molecule has 0 unspecified atom stereocenters. The Morgan fingerprint density at radius 2 is 2.16 bits per heavy atom. The van der Waals surface area contributed by atoms with Crippen molar-refractivity contribution in [2.45, 2.75) is 6.42 Å². The summed E-state index contributed by atoms with van der Waals surface area (Å²) in [5.74, 6) is -2.34. The van der Waals surface area contributed by atoms with E-state index in [1.54, 1.807) is 0 Å². The van der Waals surface area contributed by atoms with E-state index in [4.69, 9.17) is 9.84 Å². The van der Waals surface area contributed by atoms with Crippen LogP contribution in [0.1, 0.15) is 12.0 Å². The normalized spacial score (nSPS) is 10.4. The Morgan fingerprint density at radius 3 is 2.79 bits per heavy atom. The third kappa shape index (κ3) is 4.79. The van der Waals surface area contributed by atoms with Crippen LogP contribution < -0.4 is 4.74 Å². The van der Waals surface area contributed by atoms with Crippen molar-refractivity contribution in [3.8, 4) is 5.75 Å². The van der Waals surface area contributed by atoms with Crippen LogP contribution in [0.2, 0.25) is 0 Å². The number of para-hydroxylation sites is 1.